The molecule has 3 atom stereocenters. The average molecular weight is 553 g/mol. The number of hydrogen-bond donors (Lipinski definition) is 1. The first-order valence-corrected chi connectivity index (χ1v) is 13.9. The standard InChI is InChI=1S/C30H29FN8O2/c1-18-35-37-39(36-18)28(19-5-3-2-4-6-19)20-10-13-38(14-11-20)27-15-21(9-12-32-27)30-34-25-8-7-22(16-26(25)41-30)33-29(40)23-17-24(23)31/h2-9,12,15-16,20,23-24,28H,10-11,13-14,17H2,1H3,(H,33,40)/t23-,24+,28-/m1/s1. The molecule has 0 unspecified atom stereocenters. The zero-order chi connectivity index (χ0) is 27.9. The van der Waals surface area contributed by atoms with E-state index in [4.69, 9.17) is 4.42 Å². The number of anilines is 2. The van der Waals surface area contributed by atoms with Crippen molar-refractivity contribution in [2.24, 2.45) is 11.8 Å². The number of hydrogen-bond acceptors (Lipinski definition) is 8. The normalized spacial score (nSPS) is 19.8. The molecule has 0 bridgehead atoms. The number of carbonyl (C=O) groups is 1. The predicted molar refractivity (Wildman–Crippen MR) is 151 cm³/mol. The second-order valence-electron chi connectivity index (χ2n) is 10.8. The number of fused-ring (bicyclic) bond motifs is 1. The number of alkyl halides is 1. The fourth-order valence-electron chi connectivity index (χ4n) is 5.63. The smallest absolute Gasteiger partial charge is 0.230 e. The fourth-order valence-corrected chi connectivity index (χ4v) is 5.63. The van der Waals surface area contributed by atoms with Crippen LogP contribution in [-0.2, 0) is 4.79 Å². The monoisotopic (exact) mass is 552 g/mol. The maximum atomic E-state index is 13.2. The molecule has 2 fully saturated rings. The summed E-state index contributed by atoms with van der Waals surface area (Å²) in [6.07, 6.45) is 2.92. The predicted octanol–water partition coefficient (Wildman–Crippen LogP) is 4.99. The van der Waals surface area contributed by atoms with Crippen LogP contribution in [0.15, 0.2) is 71.3 Å². The molecule has 41 heavy (non-hydrogen) atoms. The van der Waals surface area contributed by atoms with Gasteiger partial charge in [-0.1, -0.05) is 30.3 Å². The molecule has 0 spiro atoms. The van der Waals surface area contributed by atoms with Gasteiger partial charge in [0.25, 0.3) is 0 Å². The third kappa shape index (κ3) is 5.15. The number of aryl methyl sites for hydroxylation is 1. The highest BCUT2D eigenvalue weighted by Crippen LogP contribution is 2.36. The highest BCUT2D eigenvalue weighted by atomic mass is 19.1. The summed E-state index contributed by atoms with van der Waals surface area (Å²) in [5.41, 5.74) is 3.79. The molecule has 3 aromatic heterocycles. The van der Waals surface area contributed by atoms with Gasteiger partial charge >= 0.3 is 0 Å². The summed E-state index contributed by atoms with van der Waals surface area (Å²) in [5.74, 6) is 1.51. The summed E-state index contributed by atoms with van der Waals surface area (Å²) in [7, 11) is 0. The van der Waals surface area contributed by atoms with E-state index in [2.05, 4.69) is 59.9 Å². The van der Waals surface area contributed by atoms with E-state index in [0.29, 0.717) is 34.4 Å². The summed E-state index contributed by atoms with van der Waals surface area (Å²) in [6.45, 7) is 3.54. The van der Waals surface area contributed by atoms with Crippen molar-refractivity contribution in [3.8, 4) is 11.5 Å². The molecule has 4 heterocycles. The van der Waals surface area contributed by atoms with Gasteiger partial charge in [-0.25, -0.2) is 14.4 Å². The largest absolute Gasteiger partial charge is 0.436 e. The van der Waals surface area contributed by atoms with Crippen LogP contribution in [0.2, 0.25) is 0 Å². The molecular formula is C30H29FN8O2. The molecule has 1 aliphatic heterocycles. The van der Waals surface area contributed by atoms with Crippen molar-refractivity contribution in [2.45, 2.75) is 38.4 Å². The molecule has 1 amide bonds. The van der Waals surface area contributed by atoms with Gasteiger partial charge in [-0.05, 0) is 67.1 Å². The van der Waals surface area contributed by atoms with Gasteiger partial charge < -0.3 is 14.6 Å². The minimum atomic E-state index is -1.04. The first kappa shape index (κ1) is 25.3. The minimum absolute atomic E-state index is 0.0240. The lowest BCUT2D eigenvalue weighted by Crippen LogP contribution is -2.38. The van der Waals surface area contributed by atoms with Crippen LogP contribution in [0.25, 0.3) is 22.6 Å². The number of nitrogens with zero attached hydrogens (tertiary/aromatic N) is 7. The van der Waals surface area contributed by atoms with Crippen molar-refractivity contribution >= 4 is 28.5 Å². The van der Waals surface area contributed by atoms with Crippen LogP contribution in [0.1, 0.15) is 36.7 Å². The molecule has 10 nitrogen and oxygen atoms in total. The molecule has 1 saturated carbocycles. The van der Waals surface area contributed by atoms with Gasteiger partial charge in [0.05, 0.1) is 5.92 Å². The fraction of sp³-hybridized carbons (Fsp3) is 0.333. The van der Waals surface area contributed by atoms with Gasteiger partial charge in [0.15, 0.2) is 11.4 Å². The SMILES string of the molecule is Cc1nnn([C@H](c2ccccc2)C2CCN(c3cc(-c4nc5ccc(NC(=O)[C@@H]6C[C@@H]6F)cc5o4)ccn3)CC2)n1. The number of halogens is 1. The van der Waals surface area contributed by atoms with E-state index in [1.807, 2.05) is 25.1 Å². The average Bonchev–Trinajstić information content (AvgIpc) is 3.36. The molecular weight excluding hydrogens is 523 g/mol. The summed E-state index contributed by atoms with van der Waals surface area (Å²) in [6, 6.07) is 19.5. The van der Waals surface area contributed by atoms with Crippen LogP contribution < -0.4 is 10.2 Å². The zero-order valence-corrected chi connectivity index (χ0v) is 22.5. The van der Waals surface area contributed by atoms with Gasteiger partial charge in [-0.2, -0.15) is 4.80 Å². The lowest BCUT2D eigenvalue weighted by atomic mass is 9.85. The van der Waals surface area contributed by atoms with Crippen LogP contribution in [0.3, 0.4) is 0 Å². The van der Waals surface area contributed by atoms with E-state index in [9.17, 15) is 9.18 Å². The summed E-state index contributed by atoms with van der Waals surface area (Å²) < 4.78 is 19.3. The Kier molecular flexibility index (Phi) is 6.41. The van der Waals surface area contributed by atoms with Crippen molar-refractivity contribution in [2.75, 3.05) is 23.3 Å². The number of benzene rings is 2. The Morgan fingerprint density at radius 3 is 2.63 bits per heavy atom. The minimum Gasteiger partial charge on any atom is -0.436 e. The van der Waals surface area contributed by atoms with Gasteiger partial charge in [0, 0.05) is 36.6 Å². The van der Waals surface area contributed by atoms with E-state index in [1.165, 1.54) is 5.56 Å². The molecule has 0 radical (unpaired) electrons. The lowest BCUT2D eigenvalue weighted by Gasteiger charge is -2.36. The number of aromatic nitrogens is 6. The van der Waals surface area contributed by atoms with Crippen LogP contribution in [0, 0.1) is 18.8 Å². The maximum absolute atomic E-state index is 13.2. The molecule has 5 aromatic rings. The second-order valence-corrected chi connectivity index (χ2v) is 10.8. The van der Waals surface area contributed by atoms with Crippen LogP contribution in [0.4, 0.5) is 15.9 Å². The molecule has 1 saturated heterocycles. The van der Waals surface area contributed by atoms with E-state index >= 15 is 0 Å². The number of piperidine rings is 1. The topological polar surface area (TPSA) is 115 Å². The lowest BCUT2D eigenvalue weighted by molar-refractivity contribution is -0.117. The van der Waals surface area contributed by atoms with E-state index in [1.54, 1.807) is 29.2 Å². The van der Waals surface area contributed by atoms with Gasteiger partial charge in [-0.15, -0.1) is 10.2 Å². The summed E-state index contributed by atoms with van der Waals surface area (Å²) >= 11 is 0. The van der Waals surface area contributed by atoms with Crippen molar-refractivity contribution < 1.29 is 13.6 Å². The molecule has 7 rings (SSSR count). The highest BCUT2D eigenvalue weighted by Gasteiger charge is 2.43. The zero-order valence-electron chi connectivity index (χ0n) is 22.5. The number of carbonyl (C=O) groups excluding carboxylic acids is 1. The van der Waals surface area contributed by atoms with Gasteiger partial charge in [-0.3, -0.25) is 4.79 Å². The Morgan fingerprint density at radius 2 is 1.90 bits per heavy atom. The second kappa shape index (κ2) is 10.4. The molecule has 11 heteroatoms. The third-order valence-electron chi connectivity index (χ3n) is 7.93. The molecule has 1 N–H and O–H groups in total. The first-order valence-electron chi connectivity index (χ1n) is 13.9. The first-order chi connectivity index (χ1) is 20.0. The van der Waals surface area contributed by atoms with Crippen LogP contribution in [0.5, 0.6) is 0 Å². The van der Waals surface area contributed by atoms with Gasteiger partial charge in [0.1, 0.15) is 23.5 Å². The Bertz CT molecular complexity index is 1700. The molecule has 208 valence electrons. The quantitative estimate of drug-likeness (QED) is 0.300. The Morgan fingerprint density at radius 1 is 1.10 bits per heavy atom. The van der Waals surface area contributed by atoms with Gasteiger partial charge in [0.2, 0.25) is 11.8 Å². The molecule has 2 aliphatic rings. The number of rotatable bonds is 7. The third-order valence-corrected chi connectivity index (χ3v) is 7.93. The Balaban J connectivity index is 1.06. The number of nitrogens with one attached hydrogen (secondary N) is 1. The van der Waals surface area contributed by atoms with Crippen molar-refractivity contribution in [3.05, 3.63) is 78.2 Å². The summed E-state index contributed by atoms with van der Waals surface area (Å²) in [5, 5.41) is 15.8. The summed E-state index contributed by atoms with van der Waals surface area (Å²) in [4.78, 5) is 25.5. The molecule has 2 aromatic carbocycles. The van der Waals surface area contributed by atoms with Crippen molar-refractivity contribution in [3.63, 3.8) is 0 Å². The van der Waals surface area contributed by atoms with Crippen molar-refractivity contribution in [1.29, 1.82) is 0 Å². The maximum Gasteiger partial charge on any atom is 0.230 e. The highest BCUT2D eigenvalue weighted by molar-refractivity contribution is 5.96. The van der Waals surface area contributed by atoms with E-state index in [-0.39, 0.29) is 18.4 Å². The van der Waals surface area contributed by atoms with Crippen molar-refractivity contribution in [1.82, 2.24) is 30.2 Å². The number of oxazole rings is 1. The van der Waals surface area contributed by atoms with Crippen LogP contribution in [-0.4, -0.2) is 55.3 Å². The number of pyridine rings is 1. The Labute approximate surface area is 235 Å². The number of amides is 1. The van der Waals surface area contributed by atoms with E-state index in [0.717, 1.165) is 37.3 Å². The molecule has 1 aliphatic carbocycles. The number of tetrazole rings is 1. The van der Waals surface area contributed by atoms with Crippen LogP contribution >= 0.6 is 0 Å². The Hall–Kier alpha value is -4.67. The van der Waals surface area contributed by atoms with E-state index < -0.39 is 12.1 Å².